The number of anilines is 1. The minimum Gasteiger partial charge on any atom is -0.464 e. The van der Waals surface area contributed by atoms with Crippen LogP contribution in [0.25, 0.3) is 11.0 Å². The second-order valence-electron chi connectivity index (χ2n) is 5.97. The van der Waals surface area contributed by atoms with Crippen molar-refractivity contribution in [1.82, 2.24) is 5.32 Å². The summed E-state index contributed by atoms with van der Waals surface area (Å²) in [5.41, 5.74) is 8.57. The van der Waals surface area contributed by atoms with Gasteiger partial charge in [-0.2, -0.15) is 0 Å². The van der Waals surface area contributed by atoms with Gasteiger partial charge in [0.25, 0.3) is 0 Å². The molecule has 0 bridgehead atoms. The first-order chi connectivity index (χ1) is 12.0. The van der Waals surface area contributed by atoms with Crippen LogP contribution in [0.5, 0.6) is 0 Å². The van der Waals surface area contributed by atoms with Crippen molar-refractivity contribution in [3.8, 4) is 0 Å². The second-order valence-corrected chi connectivity index (χ2v) is 5.97. The molecule has 5 N–H and O–H groups in total. The largest absolute Gasteiger partial charge is 0.475 e. The number of hydrogen-bond donors (Lipinski definition) is 4. The standard InChI is InChI=1S/C18H19BN2O4/c20-14-5-3-4-12(8-14)9-18(22)21-17(19(23)24)10-13-11-25-16-7-2-1-6-15(13)16/h1-8,11,17,23-24H,9-10,20H2,(H,21,22). The zero-order valence-corrected chi connectivity index (χ0v) is 13.6. The number of nitrogens with one attached hydrogen (secondary N) is 1. The average molecular weight is 338 g/mol. The van der Waals surface area contributed by atoms with E-state index in [-0.39, 0.29) is 18.7 Å². The zero-order chi connectivity index (χ0) is 17.8. The summed E-state index contributed by atoms with van der Waals surface area (Å²) in [6.07, 6.45) is 1.93. The lowest BCUT2D eigenvalue weighted by molar-refractivity contribution is -0.120. The Bertz CT molecular complexity index is 878. The van der Waals surface area contributed by atoms with Crippen molar-refractivity contribution in [2.75, 3.05) is 5.73 Å². The molecule has 0 fully saturated rings. The molecule has 1 atom stereocenters. The molecule has 128 valence electrons. The maximum Gasteiger partial charge on any atom is 0.475 e. The Labute approximate surface area is 145 Å². The van der Waals surface area contributed by atoms with Crippen LogP contribution in [-0.4, -0.2) is 29.0 Å². The van der Waals surface area contributed by atoms with Crippen molar-refractivity contribution in [3.63, 3.8) is 0 Å². The number of carbonyl (C=O) groups is 1. The maximum atomic E-state index is 12.2. The first kappa shape index (κ1) is 17.1. The number of amides is 1. The number of hydrogen-bond acceptors (Lipinski definition) is 5. The van der Waals surface area contributed by atoms with E-state index in [9.17, 15) is 14.8 Å². The summed E-state index contributed by atoms with van der Waals surface area (Å²) in [7, 11) is -1.68. The molecule has 0 saturated heterocycles. The monoisotopic (exact) mass is 338 g/mol. The van der Waals surface area contributed by atoms with E-state index in [4.69, 9.17) is 10.2 Å². The van der Waals surface area contributed by atoms with E-state index in [1.54, 1.807) is 30.5 Å². The van der Waals surface area contributed by atoms with E-state index < -0.39 is 13.1 Å². The Kier molecular flexibility index (Phi) is 5.07. The van der Waals surface area contributed by atoms with Crippen LogP contribution < -0.4 is 11.1 Å². The lowest BCUT2D eigenvalue weighted by Gasteiger charge is -2.17. The number of nitrogens with two attached hydrogens (primary N) is 1. The molecular formula is C18H19BN2O4. The lowest BCUT2D eigenvalue weighted by atomic mass is 9.75. The summed E-state index contributed by atoms with van der Waals surface area (Å²) in [6.45, 7) is 0. The van der Waals surface area contributed by atoms with Gasteiger partial charge < -0.3 is 25.5 Å². The van der Waals surface area contributed by atoms with Gasteiger partial charge in [0, 0.05) is 11.1 Å². The molecule has 2 aromatic carbocycles. The van der Waals surface area contributed by atoms with Crippen LogP contribution in [0.4, 0.5) is 5.69 Å². The molecule has 1 unspecified atom stereocenters. The predicted octanol–water partition coefficient (Wildman–Crippen LogP) is 1.30. The number of fused-ring (bicyclic) bond motifs is 1. The molecule has 0 aliphatic carbocycles. The van der Waals surface area contributed by atoms with Crippen molar-refractivity contribution in [2.24, 2.45) is 0 Å². The molecule has 3 aromatic rings. The molecule has 1 aromatic heterocycles. The van der Waals surface area contributed by atoms with Gasteiger partial charge in [0.15, 0.2) is 0 Å². The summed E-state index contributed by atoms with van der Waals surface area (Å²) in [6, 6.07) is 14.5. The number of furan rings is 1. The summed E-state index contributed by atoms with van der Waals surface area (Å²) in [4.78, 5) is 12.2. The molecule has 1 amide bonds. The van der Waals surface area contributed by atoms with Crippen molar-refractivity contribution in [3.05, 3.63) is 65.9 Å². The van der Waals surface area contributed by atoms with Gasteiger partial charge in [-0.25, -0.2) is 0 Å². The number of rotatable bonds is 6. The second kappa shape index (κ2) is 7.42. The minimum atomic E-state index is -1.68. The normalized spacial score (nSPS) is 12.1. The third-order valence-electron chi connectivity index (χ3n) is 4.02. The highest BCUT2D eigenvalue weighted by atomic mass is 16.4. The molecule has 0 aliphatic heterocycles. The molecule has 7 heteroatoms. The first-order valence-electron chi connectivity index (χ1n) is 7.98. The Morgan fingerprint density at radius 3 is 2.76 bits per heavy atom. The van der Waals surface area contributed by atoms with Gasteiger partial charge in [0.2, 0.25) is 5.91 Å². The van der Waals surface area contributed by atoms with E-state index in [1.165, 1.54) is 0 Å². The van der Waals surface area contributed by atoms with E-state index in [0.29, 0.717) is 5.69 Å². The summed E-state index contributed by atoms with van der Waals surface area (Å²) >= 11 is 0. The molecule has 1 heterocycles. The van der Waals surface area contributed by atoms with Gasteiger partial charge in [-0.1, -0.05) is 30.3 Å². The fourth-order valence-electron chi connectivity index (χ4n) is 2.81. The van der Waals surface area contributed by atoms with Crippen molar-refractivity contribution in [2.45, 2.75) is 18.8 Å². The molecule has 0 spiro atoms. The Morgan fingerprint density at radius 2 is 2.00 bits per heavy atom. The fraction of sp³-hybridized carbons (Fsp3) is 0.167. The van der Waals surface area contributed by atoms with E-state index in [1.807, 2.05) is 24.3 Å². The summed E-state index contributed by atoms with van der Waals surface area (Å²) in [5.74, 6) is -1.15. The van der Waals surface area contributed by atoms with Gasteiger partial charge in [0.05, 0.1) is 18.6 Å². The van der Waals surface area contributed by atoms with E-state index >= 15 is 0 Å². The number of para-hydroxylation sites is 1. The summed E-state index contributed by atoms with van der Waals surface area (Å²) in [5, 5.41) is 22.8. The third-order valence-corrected chi connectivity index (χ3v) is 4.02. The quantitative estimate of drug-likeness (QED) is 0.400. The smallest absolute Gasteiger partial charge is 0.464 e. The highest BCUT2D eigenvalue weighted by molar-refractivity contribution is 6.43. The van der Waals surface area contributed by atoms with Crippen molar-refractivity contribution < 1.29 is 19.3 Å². The van der Waals surface area contributed by atoms with E-state index in [0.717, 1.165) is 22.1 Å². The van der Waals surface area contributed by atoms with Gasteiger partial charge in [-0.3, -0.25) is 4.79 Å². The minimum absolute atomic E-state index is 0.112. The van der Waals surface area contributed by atoms with Crippen LogP contribution in [0.3, 0.4) is 0 Å². The Balaban J connectivity index is 1.70. The van der Waals surface area contributed by atoms with Crippen molar-refractivity contribution >= 4 is 29.7 Å². The maximum absolute atomic E-state index is 12.2. The third kappa shape index (κ3) is 4.20. The van der Waals surface area contributed by atoms with Crippen LogP contribution in [-0.2, 0) is 17.6 Å². The number of nitrogen functional groups attached to an aromatic ring is 1. The molecular weight excluding hydrogens is 319 g/mol. The zero-order valence-electron chi connectivity index (χ0n) is 13.6. The van der Waals surface area contributed by atoms with Crippen molar-refractivity contribution in [1.29, 1.82) is 0 Å². The SMILES string of the molecule is Nc1cccc(CC(=O)NC(Cc2coc3ccccc23)B(O)O)c1. The highest BCUT2D eigenvalue weighted by Crippen LogP contribution is 2.22. The predicted molar refractivity (Wildman–Crippen MR) is 96.6 cm³/mol. The molecule has 0 radical (unpaired) electrons. The summed E-state index contributed by atoms with van der Waals surface area (Å²) < 4.78 is 5.45. The van der Waals surface area contributed by atoms with Crippen LogP contribution in [0, 0.1) is 0 Å². The topological polar surface area (TPSA) is 109 Å². The van der Waals surface area contributed by atoms with Crippen LogP contribution >= 0.6 is 0 Å². The lowest BCUT2D eigenvalue weighted by Crippen LogP contribution is -2.48. The van der Waals surface area contributed by atoms with Crippen LogP contribution in [0.1, 0.15) is 11.1 Å². The van der Waals surface area contributed by atoms with Gasteiger partial charge >= 0.3 is 7.12 Å². The Hall–Kier alpha value is -2.77. The van der Waals surface area contributed by atoms with Crippen LogP contribution in [0.15, 0.2) is 59.2 Å². The average Bonchev–Trinajstić information content (AvgIpc) is 2.97. The van der Waals surface area contributed by atoms with Crippen LogP contribution in [0.2, 0.25) is 0 Å². The molecule has 25 heavy (non-hydrogen) atoms. The molecule has 0 aliphatic rings. The van der Waals surface area contributed by atoms with Gasteiger partial charge in [-0.05, 0) is 35.7 Å². The number of carbonyl (C=O) groups excluding carboxylic acids is 1. The van der Waals surface area contributed by atoms with Gasteiger partial charge in [0.1, 0.15) is 5.58 Å². The fourth-order valence-corrected chi connectivity index (χ4v) is 2.81. The highest BCUT2D eigenvalue weighted by Gasteiger charge is 2.26. The molecule has 3 rings (SSSR count). The number of benzene rings is 2. The Morgan fingerprint density at radius 1 is 1.20 bits per heavy atom. The van der Waals surface area contributed by atoms with Gasteiger partial charge in [-0.15, -0.1) is 0 Å². The molecule has 0 saturated carbocycles. The molecule has 6 nitrogen and oxygen atoms in total. The first-order valence-corrected chi connectivity index (χ1v) is 7.98. The van der Waals surface area contributed by atoms with E-state index in [2.05, 4.69) is 5.32 Å².